The second-order valence-electron chi connectivity index (χ2n) is 2.52. The van der Waals surface area contributed by atoms with Crippen LogP contribution in [0.4, 0.5) is 0 Å². The maximum atomic E-state index is 10.2. The van der Waals surface area contributed by atoms with Crippen LogP contribution in [-0.4, -0.2) is 12.0 Å². The van der Waals surface area contributed by atoms with E-state index in [1.165, 1.54) is 7.11 Å². The molecule has 0 radical (unpaired) electrons. The van der Waals surface area contributed by atoms with Crippen molar-refractivity contribution < 1.29 is 53.2 Å². The number of hydrogen-bond donors (Lipinski definition) is 1. The summed E-state index contributed by atoms with van der Waals surface area (Å²) in [6, 6.07) is 6.59. The fourth-order valence-electron chi connectivity index (χ4n) is 0.814. The number of rotatable bonds is 2. The zero-order valence-corrected chi connectivity index (χ0v) is 11.7. The van der Waals surface area contributed by atoms with Gasteiger partial charge in [-0.3, -0.25) is 4.57 Å². The number of ether oxygens (including phenoxy) is 1. The number of benzene rings is 1. The van der Waals surface area contributed by atoms with Crippen molar-refractivity contribution in [2.24, 2.45) is 0 Å². The summed E-state index contributed by atoms with van der Waals surface area (Å²) in [5.41, 5.74) is 0.546. The van der Waals surface area contributed by atoms with E-state index in [2.05, 4.69) is 10.4 Å². The predicted octanol–water partition coefficient (Wildman–Crippen LogP) is -2.51. The zero-order chi connectivity index (χ0) is 11.3. The Morgan fingerprint density at radius 2 is 1.94 bits per heavy atom. The van der Waals surface area contributed by atoms with E-state index < -0.39 is 7.82 Å². The van der Waals surface area contributed by atoms with Gasteiger partial charge in [-0.15, -0.1) is 0 Å². The van der Waals surface area contributed by atoms with Crippen LogP contribution in [-0.2, 0) is 9.09 Å². The molecule has 0 saturated carbocycles. The van der Waals surface area contributed by atoms with Crippen molar-refractivity contribution in [2.45, 2.75) is 0 Å². The normalized spacial score (nSPS) is 12.4. The molecule has 1 rings (SSSR count). The van der Waals surface area contributed by atoms with Crippen LogP contribution in [0.15, 0.2) is 24.3 Å². The van der Waals surface area contributed by atoms with Crippen LogP contribution in [0, 0.1) is 12.0 Å². The van der Waals surface area contributed by atoms with Crippen LogP contribution in [0.2, 0.25) is 0 Å². The molecule has 0 spiro atoms. The summed E-state index contributed by atoms with van der Waals surface area (Å²) < 4.78 is 18.9. The van der Waals surface area contributed by atoms with Gasteiger partial charge in [0.15, 0.2) is 0 Å². The number of phosphoric acid groups is 1. The molecule has 1 aromatic rings. The molecule has 80 valence electrons. The van der Waals surface area contributed by atoms with Crippen molar-refractivity contribution >= 4 is 7.82 Å². The van der Waals surface area contributed by atoms with Crippen molar-refractivity contribution in [3.05, 3.63) is 29.8 Å². The molecule has 16 heavy (non-hydrogen) atoms. The van der Waals surface area contributed by atoms with E-state index in [1.54, 1.807) is 24.3 Å². The molecule has 1 unspecified atom stereocenters. The summed E-state index contributed by atoms with van der Waals surface area (Å²) >= 11 is 0. The molecule has 0 aliphatic heterocycles. The van der Waals surface area contributed by atoms with Gasteiger partial charge in [0.2, 0.25) is 0 Å². The van der Waals surface area contributed by atoms with Gasteiger partial charge in [0.1, 0.15) is 11.9 Å². The Labute approximate surface area is 115 Å². The topological polar surface area (TPSA) is 78.8 Å². The Balaban J connectivity index is 0.00000225. The molecule has 1 atom stereocenters. The SMILES string of the molecule is COc1ccc(C#COP(=O)([O-])O)cc1.[Na+]. The monoisotopic (exact) mass is 250 g/mol. The van der Waals surface area contributed by atoms with Crippen molar-refractivity contribution in [3.8, 4) is 17.8 Å². The molecule has 7 heteroatoms. The summed E-state index contributed by atoms with van der Waals surface area (Å²) in [5, 5.41) is 0. The Morgan fingerprint density at radius 1 is 1.38 bits per heavy atom. The van der Waals surface area contributed by atoms with E-state index in [0.29, 0.717) is 11.3 Å². The molecule has 0 fully saturated rings. The average molecular weight is 250 g/mol. The van der Waals surface area contributed by atoms with Gasteiger partial charge in [0.25, 0.3) is 0 Å². The summed E-state index contributed by atoms with van der Waals surface area (Å²) in [6.07, 6.45) is 1.86. The van der Waals surface area contributed by atoms with Crippen LogP contribution in [0.3, 0.4) is 0 Å². The van der Waals surface area contributed by atoms with Crippen molar-refractivity contribution in [3.63, 3.8) is 0 Å². The first-order valence-corrected chi connectivity index (χ1v) is 5.38. The largest absolute Gasteiger partial charge is 1.00 e. The summed E-state index contributed by atoms with van der Waals surface area (Å²) in [5.74, 6) is 3.06. The predicted molar refractivity (Wildman–Crippen MR) is 50.8 cm³/mol. The first-order valence-electron chi connectivity index (χ1n) is 3.89. The van der Waals surface area contributed by atoms with Gasteiger partial charge in [-0.1, -0.05) is 0 Å². The first-order chi connectivity index (χ1) is 7.01. The Hall–Kier alpha value is -0.470. The number of hydrogen-bond acceptors (Lipinski definition) is 4. The third-order valence-corrected chi connectivity index (χ3v) is 1.77. The second-order valence-corrected chi connectivity index (χ2v) is 3.64. The molecular weight excluding hydrogens is 242 g/mol. The molecular formula is C9H8NaO5P. The minimum Gasteiger partial charge on any atom is -0.746 e. The van der Waals surface area contributed by atoms with E-state index in [0.717, 1.165) is 0 Å². The Bertz CT molecular complexity index is 427. The third-order valence-electron chi connectivity index (χ3n) is 1.45. The summed E-state index contributed by atoms with van der Waals surface area (Å²) in [4.78, 5) is 18.4. The summed E-state index contributed by atoms with van der Waals surface area (Å²) in [7, 11) is -3.24. The van der Waals surface area contributed by atoms with Crippen LogP contribution >= 0.6 is 7.82 Å². The quantitative estimate of drug-likeness (QED) is 0.356. The van der Waals surface area contributed by atoms with Gasteiger partial charge in [0.05, 0.1) is 7.11 Å². The van der Waals surface area contributed by atoms with E-state index in [1.807, 2.05) is 6.11 Å². The molecule has 0 aliphatic rings. The van der Waals surface area contributed by atoms with E-state index in [9.17, 15) is 9.46 Å². The fourth-order valence-corrected chi connectivity index (χ4v) is 0.975. The standard InChI is InChI=1S/C9H9O5P.Na/c1-13-9-4-2-8(3-5-9)6-7-14-15(10,11)12;/h2-5H,1H3,(H2,10,11,12);/q;+1/p-1. The van der Waals surface area contributed by atoms with Crippen molar-refractivity contribution in [1.29, 1.82) is 0 Å². The molecule has 0 aliphatic carbocycles. The second kappa shape index (κ2) is 6.97. The van der Waals surface area contributed by atoms with Crippen molar-refractivity contribution in [2.75, 3.05) is 7.11 Å². The van der Waals surface area contributed by atoms with E-state index >= 15 is 0 Å². The molecule has 5 nitrogen and oxygen atoms in total. The van der Waals surface area contributed by atoms with Gasteiger partial charge >= 0.3 is 37.4 Å². The maximum absolute atomic E-state index is 10.2. The molecule has 0 bridgehead atoms. The molecule has 0 saturated heterocycles. The van der Waals surface area contributed by atoms with E-state index in [-0.39, 0.29) is 29.6 Å². The van der Waals surface area contributed by atoms with Crippen LogP contribution in [0.1, 0.15) is 5.56 Å². The average Bonchev–Trinajstić information content (AvgIpc) is 2.17. The Morgan fingerprint density at radius 3 is 2.38 bits per heavy atom. The van der Waals surface area contributed by atoms with Gasteiger partial charge < -0.3 is 19.0 Å². The minimum atomic E-state index is -4.77. The Kier molecular flexibility index (Phi) is 6.77. The number of phosphoric ester groups is 1. The smallest absolute Gasteiger partial charge is 0.746 e. The van der Waals surface area contributed by atoms with Crippen LogP contribution in [0.25, 0.3) is 0 Å². The molecule has 0 aromatic heterocycles. The van der Waals surface area contributed by atoms with Gasteiger partial charge in [-0.05, 0) is 30.2 Å². The van der Waals surface area contributed by atoms with Gasteiger partial charge in [-0.25, -0.2) is 0 Å². The third kappa shape index (κ3) is 6.19. The minimum absolute atomic E-state index is 0. The fraction of sp³-hybridized carbons (Fsp3) is 0.111. The van der Waals surface area contributed by atoms with Crippen LogP contribution in [0.5, 0.6) is 5.75 Å². The van der Waals surface area contributed by atoms with Gasteiger partial charge in [0, 0.05) is 5.56 Å². The van der Waals surface area contributed by atoms with Gasteiger partial charge in [-0.2, -0.15) is 0 Å². The maximum Gasteiger partial charge on any atom is 1.00 e. The number of methoxy groups -OCH3 is 1. The first kappa shape index (κ1) is 15.5. The molecule has 0 amide bonds. The zero-order valence-electron chi connectivity index (χ0n) is 8.84. The van der Waals surface area contributed by atoms with Crippen molar-refractivity contribution in [1.82, 2.24) is 0 Å². The molecule has 1 N–H and O–H groups in total. The molecule has 0 heterocycles. The summed E-state index contributed by atoms with van der Waals surface area (Å²) in [6.45, 7) is 0. The van der Waals surface area contributed by atoms with Crippen LogP contribution < -0.4 is 39.2 Å². The molecule has 1 aromatic carbocycles. The van der Waals surface area contributed by atoms with E-state index in [4.69, 9.17) is 9.63 Å².